The summed E-state index contributed by atoms with van der Waals surface area (Å²) in [5.74, 6) is -4.13. The van der Waals surface area contributed by atoms with Gasteiger partial charge < -0.3 is 20.4 Å². The lowest BCUT2D eigenvalue weighted by Crippen LogP contribution is -2.52. The van der Waals surface area contributed by atoms with Crippen LogP contribution in [0.15, 0.2) is 42.5 Å². The molecule has 4 rings (SSSR count). The highest BCUT2D eigenvalue weighted by molar-refractivity contribution is 6.08. The van der Waals surface area contributed by atoms with Crippen molar-refractivity contribution in [1.29, 1.82) is 5.26 Å². The van der Waals surface area contributed by atoms with Gasteiger partial charge in [0.1, 0.15) is 30.1 Å². The number of amides is 4. The Morgan fingerprint density at radius 1 is 1.23 bits per heavy atom. The second-order valence-corrected chi connectivity index (χ2v) is 10.4. The van der Waals surface area contributed by atoms with Gasteiger partial charge in [-0.15, -0.1) is 0 Å². The van der Waals surface area contributed by atoms with Gasteiger partial charge in [0.15, 0.2) is 0 Å². The number of nitriles is 1. The average molecular weight is 538 g/mol. The van der Waals surface area contributed by atoms with E-state index >= 15 is 0 Å². The number of anilines is 2. The summed E-state index contributed by atoms with van der Waals surface area (Å²) in [4.78, 5) is 55.0. The van der Waals surface area contributed by atoms with E-state index in [1.165, 1.54) is 11.9 Å². The maximum Gasteiger partial charge on any atom is 0.246 e. The summed E-state index contributed by atoms with van der Waals surface area (Å²) in [6.07, 6.45) is -0.313. The Balaban J connectivity index is 1.53. The van der Waals surface area contributed by atoms with E-state index in [1.807, 2.05) is 13.8 Å². The van der Waals surface area contributed by atoms with Crippen LogP contribution < -0.4 is 10.6 Å². The molecule has 2 heterocycles. The van der Waals surface area contributed by atoms with Gasteiger partial charge in [-0.05, 0) is 36.1 Å². The molecule has 39 heavy (non-hydrogen) atoms. The minimum atomic E-state index is -1.07. The number of fused-ring (bicyclic) bond motifs is 2. The Bertz CT molecular complexity index is 1370. The molecular weight excluding hydrogens is 508 g/mol. The van der Waals surface area contributed by atoms with Crippen LogP contribution >= 0.6 is 0 Å². The van der Waals surface area contributed by atoms with Crippen LogP contribution in [0.2, 0.25) is 0 Å². The molecule has 0 aliphatic carbocycles. The number of carbonyl (C=O) groups is 4. The fourth-order valence-corrected chi connectivity index (χ4v) is 5.27. The Hall–Kier alpha value is -4.33. The molecule has 2 aromatic carbocycles. The first-order valence-electron chi connectivity index (χ1n) is 12.6. The predicted octanol–water partition coefficient (Wildman–Crippen LogP) is 3.18. The van der Waals surface area contributed by atoms with E-state index in [2.05, 4.69) is 16.7 Å². The number of benzene rings is 2. The minimum absolute atomic E-state index is 0.0200. The largest absolute Gasteiger partial charge is 0.333 e. The molecule has 4 amide bonds. The van der Waals surface area contributed by atoms with Gasteiger partial charge in [0, 0.05) is 31.8 Å². The molecule has 9 nitrogen and oxygen atoms in total. The molecule has 2 aliphatic rings. The zero-order valence-electron chi connectivity index (χ0n) is 21.8. The summed E-state index contributed by atoms with van der Waals surface area (Å²) in [7, 11) is 1.39. The van der Waals surface area contributed by atoms with E-state index in [-0.39, 0.29) is 36.9 Å². The van der Waals surface area contributed by atoms with Crippen molar-refractivity contribution in [3.8, 4) is 6.07 Å². The third kappa shape index (κ3) is 5.32. The van der Waals surface area contributed by atoms with Crippen molar-refractivity contribution in [3.05, 3.63) is 59.7 Å². The van der Waals surface area contributed by atoms with Gasteiger partial charge in [-0.1, -0.05) is 32.0 Å². The lowest BCUT2D eigenvalue weighted by Gasteiger charge is -2.33. The number of hydrogen-bond donors (Lipinski definition) is 2. The maximum atomic E-state index is 13.9. The molecule has 204 valence electrons. The molecule has 11 heteroatoms. The van der Waals surface area contributed by atoms with Crippen molar-refractivity contribution in [1.82, 2.24) is 9.80 Å². The number of halogens is 2. The van der Waals surface area contributed by atoms with E-state index in [1.54, 1.807) is 24.3 Å². The molecular formula is C28H29F2N5O4. The maximum absolute atomic E-state index is 13.9. The Morgan fingerprint density at radius 2 is 1.95 bits per heavy atom. The first-order chi connectivity index (χ1) is 18.5. The molecule has 0 bridgehead atoms. The van der Waals surface area contributed by atoms with Crippen LogP contribution in [0.5, 0.6) is 0 Å². The molecule has 1 spiro atoms. The topological polar surface area (TPSA) is 123 Å². The van der Waals surface area contributed by atoms with Gasteiger partial charge in [-0.3, -0.25) is 19.2 Å². The van der Waals surface area contributed by atoms with Gasteiger partial charge >= 0.3 is 0 Å². The van der Waals surface area contributed by atoms with Crippen molar-refractivity contribution in [3.63, 3.8) is 0 Å². The molecule has 2 aliphatic heterocycles. The normalized spacial score (nSPS) is 20.4. The van der Waals surface area contributed by atoms with Crippen LogP contribution in [0.4, 0.5) is 20.2 Å². The number of likely N-dealkylation sites (tertiary alicyclic amines) is 1. The number of likely N-dealkylation sites (N-methyl/N-ethyl adjacent to an activating group) is 1. The average Bonchev–Trinajstić information content (AvgIpc) is 3.41. The van der Waals surface area contributed by atoms with Crippen LogP contribution in [0, 0.1) is 28.9 Å². The van der Waals surface area contributed by atoms with Crippen molar-refractivity contribution in [2.24, 2.45) is 5.92 Å². The molecule has 0 unspecified atom stereocenters. The molecule has 0 saturated carbocycles. The fraction of sp³-hybridized carbons (Fsp3) is 0.393. The van der Waals surface area contributed by atoms with Gasteiger partial charge in [0.25, 0.3) is 0 Å². The number of nitrogens with zero attached hydrogens (tertiary/aromatic N) is 3. The molecule has 2 aromatic rings. The lowest BCUT2D eigenvalue weighted by atomic mass is 9.80. The molecule has 2 N–H and O–H groups in total. The summed E-state index contributed by atoms with van der Waals surface area (Å²) in [6, 6.07) is 10.0. The van der Waals surface area contributed by atoms with Gasteiger partial charge in [0.2, 0.25) is 23.6 Å². The summed E-state index contributed by atoms with van der Waals surface area (Å²) < 4.78 is 27.1. The molecule has 3 atom stereocenters. The van der Waals surface area contributed by atoms with E-state index in [0.29, 0.717) is 11.8 Å². The SMILES string of the molecule is CC(C)C[C@@H](C(=O)N1C[C@]2(C[C@H]1C#N)C(=O)Nc1ccccc12)N(C)C(=O)CC(=O)Nc1ccc(F)cc1F. The first kappa shape index (κ1) is 27.7. The smallest absolute Gasteiger partial charge is 0.246 e. The highest BCUT2D eigenvalue weighted by Crippen LogP contribution is 2.46. The summed E-state index contributed by atoms with van der Waals surface area (Å²) in [5, 5.41) is 15.0. The molecule has 1 fully saturated rings. The second kappa shape index (κ2) is 10.8. The fourth-order valence-electron chi connectivity index (χ4n) is 5.27. The lowest BCUT2D eigenvalue weighted by molar-refractivity contribution is -0.146. The van der Waals surface area contributed by atoms with Crippen LogP contribution in [0.3, 0.4) is 0 Å². The molecule has 0 aromatic heterocycles. The highest BCUT2D eigenvalue weighted by atomic mass is 19.1. The molecule has 0 radical (unpaired) electrons. The number of rotatable bonds is 7. The molecule has 1 saturated heterocycles. The van der Waals surface area contributed by atoms with E-state index in [0.717, 1.165) is 22.6 Å². The summed E-state index contributed by atoms with van der Waals surface area (Å²) in [5.41, 5.74) is 0.0145. The van der Waals surface area contributed by atoms with Crippen molar-refractivity contribution in [2.45, 2.75) is 50.6 Å². The monoisotopic (exact) mass is 537 g/mol. The number of nitrogens with one attached hydrogen (secondary N) is 2. The zero-order chi connectivity index (χ0) is 28.5. The van der Waals surface area contributed by atoms with Crippen LogP contribution in [0.1, 0.15) is 38.7 Å². The number of carbonyl (C=O) groups excluding carboxylic acids is 4. The van der Waals surface area contributed by atoms with E-state index in [4.69, 9.17) is 0 Å². The van der Waals surface area contributed by atoms with Gasteiger partial charge in [0.05, 0.1) is 17.2 Å². The van der Waals surface area contributed by atoms with Gasteiger partial charge in [-0.25, -0.2) is 8.78 Å². The standard InChI is InChI=1S/C28H29F2N5O4/c1-16(2)10-23(34(3)25(37)12-24(36)32-22-9-8-17(29)11-20(22)30)26(38)35-15-28(13-18(35)14-31)19-6-4-5-7-21(19)33-27(28)39/h4-9,11,16,18,23H,10,12-13,15H2,1-3H3,(H,32,36)(H,33,39)/t18-,23-,28-/m0/s1. The van der Waals surface area contributed by atoms with Gasteiger partial charge in [-0.2, -0.15) is 5.26 Å². The quantitative estimate of drug-likeness (QED) is 0.526. The number of hydrogen-bond acceptors (Lipinski definition) is 5. The Labute approximate surface area is 224 Å². The summed E-state index contributed by atoms with van der Waals surface area (Å²) >= 11 is 0. The summed E-state index contributed by atoms with van der Waals surface area (Å²) in [6.45, 7) is 3.72. The van der Waals surface area contributed by atoms with E-state index < -0.39 is 53.3 Å². The Morgan fingerprint density at radius 3 is 2.62 bits per heavy atom. The third-order valence-electron chi connectivity index (χ3n) is 7.27. The van der Waals surface area contributed by atoms with Crippen molar-refractivity contribution >= 4 is 35.0 Å². The minimum Gasteiger partial charge on any atom is -0.333 e. The Kier molecular flexibility index (Phi) is 7.67. The predicted molar refractivity (Wildman–Crippen MR) is 138 cm³/mol. The first-order valence-corrected chi connectivity index (χ1v) is 12.6. The van der Waals surface area contributed by atoms with E-state index in [9.17, 15) is 33.2 Å². The highest BCUT2D eigenvalue weighted by Gasteiger charge is 2.56. The van der Waals surface area contributed by atoms with Crippen LogP contribution in [-0.4, -0.2) is 59.1 Å². The van der Waals surface area contributed by atoms with Crippen LogP contribution in [-0.2, 0) is 24.6 Å². The van der Waals surface area contributed by atoms with Crippen molar-refractivity contribution < 1.29 is 28.0 Å². The zero-order valence-corrected chi connectivity index (χ0v) is 21.8. The second-order valence-electron chi connectivity index (χ2n) is 10.4. The van der Waals surface area contributed by atoms with Crippen LogP contribution in [0.25, 0.3) is 0 Å². The number of para-hydroxylation sites is 1. The third-order valence-corrected chi connectivity index (χ3v) is 7.27. The van der Waals surface area contributed by atoms with Crippen molar-refractivity contribution in [2.75, 3.05) is 24.2 Å².